The molecule has 0 saturated carbocycles. The van der Waals surface area contributed by atoms with Gasteiger partial charge in [0.05, 0.1) is 0 Å². The van der Waals surface area contributed by atoms with Crippen molar-refractivity contribution in [3.05, 3.63) is 0 Å². The standard InChI is InChI=1S/C2N2O4S.ClH/c5-1-3-9(7,8)4-2-6;/h;1H. The number of hydrogen-bond acceptors (Lipinski definition) is 4. The fourth-order valence-electron chi connectivity index (χ4n) is 0.115. The van der Waals surface area contributed by atoms with Gasteiger partial charge < -0.3 is 0 Å². The number of hydrogen-bond donors (Lipinski definition) is 0. The highest BCUT2D eigenvalue weighted by Crippen LogP contribution is 1.87. The van der Waals surface area contributed by atoms with Crippen LogP contribution in [0, 0.1) is 0 Å². The lowest BCUT2D eigenvalue weighted by Gasteiger charge is -1.72. The zero-order valence-corrected chi connectivity index (χ0v) is 5.98. The van der Waals surface area contributed by atoms with Crippen molar-refractivity contribution in [2.24, 2.45) is 8.80 Å². The van der Waals surface area contributed by atoms with E-state index in [2.05, 4.69) is 8.80 Å². The van der Waals surface area contributed by atoms with Crippen LogP contribution in [0.3, 0.4) is 0 Å². The van der Waals surface area contributed by atoms with Crippen molar-refractivity contribution in [3.63, 3.8) is 0 Å². The summed E-state index contributed by atoms with van der Waals surface area (Å²) in [7, 11) is -4.28. The fraction of sp³-hybridized carbons (Fsp3) is 0. The van der Waals surface area contributed by atoms with Gasteiger partial charge in [0.2, 0.25) is 0 Å². The van der Waals surface area contributed by atoms with Crippen molar-refractivity contribution < 1.29 is 18.0 Å². The van der Waals surface area contributed by atoms with E-state index in [4.69, 9.17) is 0 Å². The Hall–Kier alpha value is -1.00. The van der Waals surface area contributed by atoms with Gasteiger partial charge in [0.1, 0.15) is 0 Å². The maximum Gasteiger partial charge on any atom is 0.383 e. The van der Waals surface area contributed by atoms with Gasteiger partial charge in [0.25, 0.3) is 12.2 Å². The second kappa shape index (κ2) is 4.84. The topological polar surface area (TPSA) is 93.0 Å². The van der Waals surface area contributed by atoms with Crippen molar-refractivity contribution in [2.45, 2.75) is 0 Å². The minimum Gasteiger partial charge on any atom is -0.210 e. The molecule has 0 bridgehead atoms. The molecule has 0 aromatic carbocycles. The van der Waals surface area contributed by atoms with Gasteiger partial charge in [-0.1, -0.05) is 8.80 Å². The van der Waals surface area contributed by atoms with Gasteiger partial charge in [-0.2, -0.15) is 8.42 Å². The Morgan fingerprint density at radius 1 is 1.00 bits per heavy atom. The van der Waals surface area contributed by atoms with Gasteiger partial charge in [-0.3, -0.25) is 0 Å². The van der Waals surface area contributed by atoms with Crippen molar-refractivity contribution >= 4 is 34.8 Å². The SMILES string of the molecule is Cl.O=C=NS(=O)(=O)N=C=O. The van der Waals surface area contributed by atoms with Crippen LogP contribution in [0.2, 0.25) is 0 Å². The van der Waals surface area contributed by atoms with Gasteiger partial charge in [0, 0.05) is 0 Å². The third-order valence-corrected chi connectivity index (χ3v) is 0.916. The predicted octanol–water partition coefficient (Wildman–Crippen LogP) is -0.675. The molecule has 0 aliphatic rings. The Labute approximate surface area is 62.3 Å². The summed E-state index contributed by atoms with van der Waals surface area (Å²) in [6, 6.07) is 0. The van der Waals surface area contributed by atoms with Gasteiger partial charge >= 0.3 is 10.2 Å². The second-order valence-corrected chi connectivity index (χ2v) is 2.07. The van der Waals surface area contributed by atoms with Crippen LogP contribution in [-0.2, 0) is 19.8 Å². The molecular weight excluding hydrogens is 184 g/mol. The summed E-state index contributed by atoms with van der Waals surface area (Å²) < 4.78 is 24.3. The highest BCUT2D eigenvalue weighted by atomic mass is 35.5. The second-order valence-electron chi connectivity index (χ2n) is 0.813. The summed E-state index contributed by atoms with van der Waals surface area (Å²) in [5, 5.41) is 0. The average molecular weight is 185 g/mol. The Bertz CT molecular complexity index is 258. The lowest BCUT2D eigenvalue weighted by Crippen LogP contribution is -1.86. The molecule has 0 N–H and O–H groups in total. The third-order valence-electron chi connectivity index (χ3n) is 0.305. The van der Waals surface area contributed by atoms with E-state index in [0.29, 0.717) is 12.2 Å². The number of halogens is 1. The first kappa shape index (κ1) is 11.8. The fourth-order valence-corrected chi connectivity index (χ4v) is 0.344. The Kier molecular flexibility index (Phi) is 5.69. The van der Waals surface area contributed by atoms with Crippen molar-refractivity contribution in [1.29, 1.82) is 0 Å². The molecule has 56 valence electrons. The van der Waals surface area contributed by atoms with Crippen LogP contribution in [0.4, 0.5) is 0 Å². The summed E-state index contributed by atoms with van der Waals surface area (Å²) in [5.74, 6) is 0. The van der Waals surface area contributed by atoms with Gasteiger partial charge in [0.15, 0.2) is 0 Å². The first-order chi connectivity index (χ1) is 4.12. The molecule has 0 atom stereocenters. The Balaban J connectivity index is 0. The van der Waals surface area contributed by atoms with E-state index in [1.54, 1.807) is 0 Å². The Morgan fingerprint density at radius 3 is 1.50 bits per heavy atom. The van der Waals surface area contributed by atoms with E-state index in [1.165, 1.54) is 0 Å². The summed E-state index contributed by atoms with van der Waals surface area (Å²) in [6.45, 7) is 0. The zero-order valence-electron chi connectivity index (χ0n) is 4.34. The molecule has 0 spiro atoms. The molecule has 6 nitrogen and oxygen atoms in total. The van der Waals surface area contributed by atoms with Crippen LogP contribution in [0.5, 0.6) is 0 Å². The molecule has 0 aliphatic heterocycles. The van der Waals surface area contributed by atoms with Crippen molar-refractivity contribution in [3.8, 4) is 0 Å². The maximum absolute atomic E-state index is 9.97. The summed E-state index contributed by atoms with van der Waals surface area (Å²) in [4.78, 5) is 18.5. The molecule has 0 rings (SSSR count). The van der Waals surface area contributed by atoms with E-state index in [9.17, 15) is 18.0 Å². The maximum atomic E-state index is 9.97. The monoisotopic (exact) mass is 184 g/mol. The summed E-state index contributed by atoms with van der Waals surface area (Å²) >= 11 is 0. The molecule has 0 aliphatic carbocycles. The van der Waals surface area contributed by atoms with Crippen molar-refractivity contribution in [2.75, 3.05) is 0 Å². The molecule has 10 heavy (non-hydrogen) atoms. The zero-order chi connectivity index (χ0) is 7.33. The molecular formula is C2HClN2O4S. The molecule has 0 aromatic heterocycles. The highest BCUT2D eigenvalue weighted by Gasteiger charge is 2.00. The molecule has 0 radical (unpaired) electrons. The molecule has 0 amide bonds. The van der Waals surface area contributed by atoms with Crippen LogP contribution in [0.25, 0.3) is 0 Å². The lowest BCUT2D eigenvalue weighted by molar-refractivity contribution is 0.561. The number of isocyanates is 2. The van der Waals surface area contributed by atoms with E-state index < -0.39 is 10.2 Å². The van der Waals surface area contributed by atoms with E-state index in [0.717, 1.165) is 0 Å². The Morgan fingerprint density at radius 2 is 1.30 bits per heavy atom. The van der Waals surface area contributed by atoms with Gasteiger partial charge in [-0.15, -0.1) is 12.4 Å². The number of nitrogens with zero attached hydrogens (tertiary/aromatic N) is 2. The normalized spacial score (nSPS) is 8.00. The first-order valence-corrected chi connectivity index (χ1v) is 2.95. The van der Waals surface area contributed by atoms with E-state index in [1.807, 2.05) is 0 Å². The van der Waals surface area contributed by atoms with E-state index >= 15 is 0 Å². The predicted molar refractivity (Wildman–Crippen MR) is 32.4 cm³/mol. The summed E-state index contributed by atoms with van der Waals surface area (Å²) in [6.07, 6.45) is 1.41. The quantitative estimate of drug-likeness (QED) is 0.420. The van der Waals surface area contributed by atoms with Gasteiger partial charge in [-0.05, 0) is 0 Å². The van der Waals surface area contributed by atoms with Crippen LogP contribution in [0.15, 0.2) is 8.80 Å². The molecule has 8 heteroatoms. The smallest absolute Gasteiger partial charge is 0.210 e. The average Bonchev–Trinajstić information content (AvgIpc) is 1.64. The van der Waals surface area contributed by atoms with Crippen LogP contribution in [-0.4, -0.2) is 20.6 Å². The molecule has 0 heterocycles. The van der Waals surface area contributed by atoms with Crippen LogP contribution < -0.4 is 0 Å². The highest BCUT2D eigenvalue weighted by molar-refractivity contribution is 7.89. The minimum atomic E-state index is -4.28. The molecule has 0 fully saturated rings. The number of rotatable bonds is 2. The van der Waals surface area contributed by atoms with E-state index in [-0.39, 0.29) is 12.4 Å². The van der Waals surface area contributed by atoms with Crippen LogP contribution in [0.1, 0.15) is 0 Å². The van der Waals surface area contributed by atoms with Crippen LogP contribution >= 0.6 is 12.4 Å². The molecule has 0 aromatic rings. The molecule has 0 unspecified atom stereocenters. The minimum absolute atomic E-state index is 0. The van der Waals surface area contributed by atoms with Gasteiger partial charge in [-0.25, -0.2) is 9.59 Å². The number of carbonyl (C=O) groups excluding carboxylic acids is 2. The lowest BCUT2D eigenvalue weighted by atomic mass is 11.7. The third kappa shape index (κ3) is 5.14. The largest absolute Gasteiger partial charge is 0.383 e. The van der Waals surface area contributed by atoms with Crippen molar-refractivity contribution in [1.82, 2.24) is 0 Å². The summed E-state index contributed by atoms with van der Waals surface area (Å²) in [5.41, 5.74) is 0. The first-order valence-electron chi connectivity index (χ1n) is 1.55. The molecule has 0 saturated heterocycles.